The summed E-state index contributed by atoms with van der Waals surface area (Å²) in [5, 5.41) is 19.8. The Labute approximate surface area is 154 Å². The van der Waals surface area contributed by atoms with Crippen LogP contribution in [0.5, 0.6) is 0 Å². The number of rotatable bonds is 4. The van der Waals surface area contributed by atoms with Crippen molar-refractivity contribution in [3.63, 3.8) is 0 Å². The minimum absolute atomic E-state index is 0.0696. The van der Waals surface area contributed by atoms with Crippen LogP contribution in [0.2, 0.25) is 0 Å². The van der Waals surface area contributed by atoms with Crippen LogP contribution >= 0.6 is 0 Å². The second-order valence-electron chi connectivity index (χ2n) is 8.98. The Hall–Kier alpha value is -1.42. The molecule has 1 aromatic rings. The molecule has 3 aliphatic rings. The number of halogens is 1. The van der Waals surface area contributed by atoms with E-state index < -0.39 is 5.97 Å². The van der Waals surface area contributed by atoms with Gasteiger partial charge < -0.3 is 10.2 Å². The van der Waals surface area contributed by atoms with Crippen molar-refractivity contribution in [1.29, 1.82) is 0 Å². The third-order valence-corrected chi connectivity index (χ3v) is 7.78. The zero-order valence-electron chi connectivity index (χ0n) is 15.5. The van der Waals surface area contributed by atoms with Gasteiger partial charge in [-0.3, -0.25) is 4.79 Å². The number of hydrogen-bond acceptors (Lipinski definition) is 2. The molecule has 3 nitrogen and oxygen atoms in total. The standard InChI is InChI=1S/C22H29FO3/c1-22-11-10-15-14-5-3-6-18(23)16(14)8-9-17(15)21(22)13(12-19(22)24)4-2-7-20(25)26/h3,5-6,13,15,17,19,21,24H,2,4,7-12H2,1H3,(H,25,26)/t13-,15?,17?,19?,21?,22-/m1/s1. The summed E-state index contributed by atoms with van der Waals surface area (Å²) < 4.78 is 14.3. The van der Waals surface area contributed by atoms with Gasteiger partial charge in [0.1, 0.15) is 5.82 Å². The normalized spacial score (nSPS) is 38.3. The fraction of sp³-hybridized carbons (Fsp3) is 0.682. The molecule has 0 heterocycles. The van der Waals surface area contributed by atoms with Crippen molar-refractivity contribution in [3.05, 3.63) is 35.1 Å². The van der Waals surface area contributed by atoms with Crippen molar-refractivity contribution in [1.82, 2.24) is 0 Å². The van der Waals surface area contributed by atoms with E-state index in [0.717, 1.165) is 44.1 Å². The number of carbonyl (C=O) groups is 1. The number of aliphatic hydroxyl groups is 1. The highest BCUT2D eigenvalue weighted by atomic mass is 19.1. The first kappa shape index (κ1) is 18.0. The molecule has 4 unspecified atom stereocenters. The lowest BCUT2D eigenvalue weighted by Crippen LogP contribution is -2.45. The molecule has 2 saturated carbocycles. The number of fused-ring (bicyclic) bond motifs is 5. The summed E-state index contributed by atoms with van der Waals surface area (Å²) in [6, 6.07) is 5.50. The second-order valence-corrected chi connectivity index (χ2v) is 8.98. The van der Waals surface area contributed by atoms with E-state index in [1.165, 1.54) is 5.56 Å². The predicted molar refractivity (Wildman–Crippen MR) is 97.4 cm³/mol. The van der Waals surface area contributed by atoms with Gasteiger partial charge in [0, 0.05) is 6.42 Å². The topological polar surface area (TPSA) is 57.5 Å². The highest BCUT2D eigenvalue weighted by molar-refractivity contribution is 5.66. The summed E-state index contributed by atoms with van der Waals surface area (Å²) in [6.45, 7) is 2.23. The van der Waals surface area contributed by atoms with Crippen LogP contribution in [0.1, 0.15) is 68.9 Å². The Bertz CT molecular complexity index is 703. The molecular formula is C22H29FO3. The van der Waals surface area contributed by atoms with Crippen LogP contribution in [-0.4, -0.2) is 22.3 Å². The number of aliphatic carboxylic acids is 1. The van der Waals surface area contributed by atoms with Gasteiger partial charge >= 0.3 is 5.97 Å². The van der Waals surface area contributed by atoms with Crippen molar-refractivity contribution in [2.75, 3.05) is 0 Å². The van der Waals surface area contributed by atoms with Crippen LogP contribution in [0.15, 0.2) is 18.2 Å². The van der Waals surface area contributed by atoms with Crippen LogP contribution in [0.3, 0.4) is 0 Å². The van der Waals surface area contributed by atoms with Gasteiger partial charge in [0.25, 0.3) is 0 Å². The van der Waals surface area contributed by atoms with Crippen molar-refractivity contribution >= 4 is 5.97 Å². The van der Waals surface area contributed by atoms with E-state index in [0.29, 0.717) is 30.1 Å². The molecule has 2 N–H and O–H groups in total. The molecule has 4 heteroatoms. The van der Waals surface area contributed by atoms with Crippen LogP contribution in [-0.2, 0) is 11.2 Å². The van der Waals surface area contributed by atoms with Gasteiger partial charge in [-0.05, 0) is 91.2 Å². The molecule has 0 radical (unpaired) electrons. The van der Waals surface area contributed by atoms with Crippen LogP contribution < -0.4 is 0 Å². The van der Waals surface area contributed by atoms with E-state index in [1.54, 1.807) is 6.07 Å². The molecular weight excluding hydrogens is 331 g/mol. The molecule has 0 aliphatic heterocycles. The van der Waals surface area contributed by atoms with E-state index in [1.807, 2.05) is 6.07 Å². The summed E-state index contributed by atoms with van der Waals surface area (Å²) in [7, 11) is 0. The van der Waals surface area contributed by atoms with Crippen LogP contribution in [0.4, 0.5) is 4.39 Å². The number of benzene rings is 1. The van der Waals surface area contributed by atoms with Crippen LogP contribution in [0, 0.1) is 29.0 Å². The average molecular weight is 360 g/mol. The van der Waals surface area contributed by atoms with Gasteiger partial charge in [-0.25, -0.2) is 4.39 Å². The summed E-state index contributed by atoms with van der Waals surface area (Å²) in [4.78, 5) is 10.9. The minimum Gasteiger partial charge on any atom is -0.481 e. The number of aliphatic hydroxyl groups excluding tert-OH is 1. The molecule has 4 rings (SSSR count). The Morgan fingerprint density at radius 1 is 1.35 bits per heavy atom. The van der Waals surface area contributed by atoms with Gasteiger partial charge in [-0.1, -0.05) is 19.1 Å². The van der Waals surface area contributed by atoms with E-state index >= 15 is 0 Å². The fourth-order valence-corrected chi connectivity index (χ4v) is 6.64. The van der Waals surface area contributed by atoms with Crippen LogP contribution in [0.25, 0.3) is 0 Å². The maximum atomic E-state index is 14.3. The maximum Gasteiger partial charge on any atom is 0.303 e. The smallest absolute Gasteiger partial charge is 0.303 e. The minimum atomic E-state index is -0.741. The number of carboxylic acids is 1. The molecule has 0 bridgehead atoms. The molecule has 3 aliphatic carbocycles. The molecule has 6 atom stereocenters. The van der Waals surface area contributed by atoms with Crippen molar-refractivity contribution in [2.24, 2.45) is 23.2 Å². The molecule has 26 heavy (non-hydrogen) atoms. The summed E-state index contributed by atoms with van der Waals surface area (Å²) >= 11 is 0. The van der Waals surface area contributed by atoms with Crippen molar-refractivity contribution < 1.29 is 19.4 Å². The lowest BCUT2D eigenvalue weighted by Gasteiger charge is -2.51. The zero-order valence-corrected chi connectivity index (χ0v) is 15.5. The van der Waals surface area contributed by atoms with E-state index in [9.17, 15) is 14.3 Å². The average Bonchev–Trinajstić information content (AvgIpc) is 2.85. The Morgan fingerprint density at radius 3 is 2.92 bits per heavy atom. The highest BCUT2D eigenvalue weighted by Crippen LogP contribution is 2.63. The highest BCUT2D eigenvalue weighted by Gasteiger charge is 2.58. The summed E-state index contributed by atoms with van der Waals surface area (Å²) in [6.07, 6.45) is 6.04. The third kappa shape index (κ3) is 2.77. The van der Waals surface area contributed by atoms with Gasteiger partial charge in [0.05, 0.1) is 6.10 Å². The Kier molecular flexibility index (Phi) is 4.58. The molecule has 1 aromatic carbocycles. The van der Waals surface area contributed by atoms with E-state index in [4.69, 9.17) is 5.11 Å². The molecule has 0 aromatic heterocycles. The predicted octanol–water partition coefficient (Wildman–Crippen LogP) is 4.52. The first-order valence-electron chi connectivity index (χ1n) is 10.1. The summed E-state index contributed by atoms with van der Waals surface area (Å²) in [5.41, 5.74) is 2.02. The van der Waals surface area contributed by atoms with E-state index in [-0.39, 0.29) is 23.8 Å². The molecule has 0 amide bonds. The SMILES string of the molecule is C[C@]12CCC3c4cccc(F)c4CCC3C1[C@H](CCCC(=O)O)CC2O. The molecule has 0 saturated heterocycles. The quantitative estimate of drug-likeness (QED) is 0.830. The van der Waals surface area contributed by atoms with Crippen molar-refractivity contribution in [2.45, 2.75) is 70.3 Å². The lowest BCUT2D eigenvalue weighted by molar-refractivity contribution is -0.137. The Balaban J connectivity index is 1.62. The molecule has 0 spiro atoms. The molecule has 142 valence electrons. The van der Waals surface area contributed by atoms with Gasteiger partial charge in [-0.15, -0.1) is 0 Å². The van der Waals surface area contributed by atoms with Gasteiger partial charge in [0.2, 0.25) is 0 Å². The zero-order chi connectivity index (χ0) is 18.5. The Morgan fingerprint density at radius 2 is 2.15 bits per heavy atom. The van der Waals surface area contributed by atoms with Gasteiger partial charge in [-0.2, -0.15) is 0 Å². The van der Waals surface area contributed by atoms with Crippen molar-refractivity contribution in [3.8, 4) is 0 Å². The monoisotopic (exact) mass is 360 g/mol. The fourth-order valence-electron chi connectivity index (χ4n) is 6.64. The largest absolute Gasteiger partial charge is 0.481 e. The summed E-state index contributed by atoms with van der Waals surface area (Å²) in [5.74, 6) is 0.863. The maximum absolute atomic E-state index is 14.3. The van der Waals surface area contributed by atoms with Gasteiger partial charge in [0.15, 0.2) is 0 Å². The third-order valence-electron chi connectivity index (χ3n) is 7.78. The first-order chi connectivity index (χ1) is 12.4. The lowest BCUT2D eigenvalue weighted by atomic mass is 9.53. The van der Waals surface area contributed by atoms with E-state index in [2.05, 4.69) is 13.0 Å². The second kappa shape index (κ2) is 6.63. The first-order valence-corrected chi connectivity index (χ1v) is 10.1. The number of carboxylic acid groups (broad SMARTS) is 1. The molecule has 2 fully saturated rings. The number of hydrogen-bond donors (Lipinski definition) is 2.